The molecule has 0 N–H and O–H groups in total. The molecule has 0 spiro atoms. The van der Waals surface area contributed by atoms with E-state index in [0.29, 0.717) is 28.6 Å². The summed E-state index contributed by atoms with van der Waals surface area (Å²) < 4.78 is 84.8. The number of benzene rings is 1. The lowest BCUT2D eigenvalue weighted by Crippen LogP contribution is -2.59. The van der Waals surface area contributed by atoms with Crippen LogP contribution in [0.5, 0.6) is 0 Å². The van der Waals surface area contributed by atoms with Crippen LogP contribution in [0.4, 0.5) is 17.6 Å². The number of alkyl halides is 3. The zero-order valence-electron chi connectivity index (χ0n) is 23.2. The lowest BCUT2D eigenvalue weighted by molar-refractivity contribution is -0.137. The van der Waals surface area contributed by atoms with Gasteiger partial charge >= 0.3 is 6.18 Å². The van der Waals surface area contributed by atoms with Crippen molar-refractivity contribution in [2.24, 2.45) is 17.9 Å². The number of halogens is 4. The third kappa shape index (κ3) is 4.76. The Hall–Kier alpha value is -4.24. The number of pyridine rings is 1. The first kappa shape index (κ1) is 28.9. The smallest absolute Gasteiger partial charge is 0.291 e. The van der Waals surface area contributed by atoms with Crippen molar-refractivity contribution in [1.29, 1.82) is 0 Å². The van der Waals surface area contributed by atoms with Crippen LogP contribution in [-0.2, 0) is 29.7 Å². The summed E-state index contributed by atoms with van der Waals surface area (Å²) in [5.74, 6) is -1.18. The number of fused-ring (bicyclic) bond motifs is 2. The summed E-state index contributed by atoms with van der Waals surface area (Å²) in [6.07, 6.45) is 0.484. The second kappa shape index (κ2) is 9.64. The molecule has 2 aliphatic rings. The summed E-state index contributed by atoms with van der Waals surface area (Å²) in [5, 5.41) is 11.9. The number of rotatable bonds is 5. The van der Waals surface area contributed by atoms with Gasteiger partial charge in [-0.15, -0.1) is 5.10 Å². The maximum atomic E-state index is 14.5. The predicted molar refractivity (Wildman–Crippen MR) is 145 cm³/mol. The minimum Gasteiger partial charge on any atom is -0.291 e. The van der Waals surface area contributed by atoms with Crippen molar-refractivity contribution in [3.63, 3.8) is 0 Å². The highest BCUT2D eigenvalue weighted by Gasteiger charge is 2.57. The minimum atomic E-state index is -4.72. The monoisotopic (exact) mass is 615 g/mol. The van der Waals surface area contributed by atoms with E-state index in [0.717, 1.165) is 27.6 Å². The van der Waals surface area contributed by atoms with E-state index in [-0.39, 0.29) is 24.5 Å². The fourth-order valence-electron chi connectivity index (χ4n) is 6.03. The third-order valence-corrected chi connectivity index (χ3v) is 9.58. The molecule has 15 heteroatoms. The average Bonchev–Trinajstić information content (AvgIpc) is 3.57. The zero-order valence-corrected chi connectivity index (χ0v) is 24.0. The summed E-state index contributed by atoms with van der Waals surface area (Å²) in [4.78, 5) is 19.6. The Labute approximate surface area is 243 Å². The normalized spacial score (nSPS) is 20.3. The van der Waals surface area contributed by atoms with Gasteiger partial charge in [-0.2, -0.15) is 32.5 Å². The number of piperidine rings is 1. The fourth-order valence-corrected chi connectivity index (χ4v) is 7.58. The molecule has 1 atom stereocenters. The highest BCUT2D eigenvalue weighted by atomic mass is 32.2. The third-order valence-electron chi connectivity index (χ3n) is 7.93. The molecular formula is C28H25F4N7O3S. The zero-order chi connectivity index (χ0) is 30.9. The number of carbonyl (C=O) groups is 1. The van der Waals surface area contributed by atoms with Crippen molar-refractivity contribution in [2.75, 3.05) is 13.1 Å². The molecule has 1 aliphatic carbocycles. The highest BCUT2D eigenvalue weighted by molar-refractivity contribution is 7.89. The van der Waals surface area contributed by atoms with E-state index in [4.69, 9.17) is 0 Å². The standard InChI is InChI=1S/C28H25F4N7O3S/c1-26(2)15-38(43(41,42)24-14-34-37(3)36-24)16-27(25(40)21-10-18(8-9-33-21)28(30,31)32)12-17-13-35-39(22(17)11-23(26)27)20-6-4-19(29)5-7-20/h4-11,13-14H,12,15-16H2,1-3H3. The van der Waals surface area contributed by atoms with Crippen LogP contribution in [0.3, 0.4) is 0 Å². The number of hydrogen-bond donors (Lipinski definition) is 0. The number of hydrogen-bond acceptors (Lipinski definition) is 7. The van der Waals surface area contributed by atoms with Gasteiger partial charge in [0.25, 0.3) is 10.0 Å². The molecule has 3 aromatic heterocycles. The van der Waals surface area contributed by atoms with Crippen LogP contribution in [0.1, 0.15) is 41.2 Å². The maximum absolute atomic E-state index is 14.5. The lowest BCUT2D eigenvalue weighted by atomic mass is 9.58. The Bertz CT molecular complexity index is 1900. The van der Waals surface area contributed by atoms with Crippen molar-refractivity contribution in [1.82, 2.24) is 34.1 Å². The largest absolute Gasteiger partial charge is 0.416 e. The number of sulfonamides is 1. The number of nitrogens with zero attached hydrogens (tertiary/aromatic N) is 7. The van der Waals surface area contributed by atoms with Gasteiger partial charge in [-0.25, -0.2) is 17.5 Å². The van der Waals surface area contributed by atoms with Gasteiger partial charge in [0.15, 0.2) is 5.78 Å². The van der Waals surface area contributed by atoms with Crippen LogP contribution >= 0.6 is 0 Å². The molecule has 1 unspecified atom stereocenters. The summed E-state index contributed by atoms with van der Waals surface area (Å²) in [6.45, 7) is 3.10. The number of carbonyl (C=O) groups excluding carboxylic acids is 1. The molecular weight excluding hydrogens is 590 g/mol. The summed E-state index contributed by atoms with van der Waals surface area (Å²) in [6, 6.07) is 7.12. The van der Waals surface area contributed by atoms with Crippen LogP contribution in [0.15, 0.2) is 65.6 Å². The first-order valence-electron chi connectivity index (χ1n) is 13.1. The van der Waals surface area contributed by atoms with E-state index in [2.05, 4.69) is 20.3 Å². The number of Topliss-reactive ketones (excluding diaryl/α,β-unsaturated/α-hetero) is 1. The topological polar surface area (TPSA) is 116 Å². The molecule has 1 aliphatic heterocycles. The maximum Gasteiger partial charge on any atom is 0.416 e. The Morgan fingerprint density at radius 2 is 1.74 bits per heavy atom. The van der Waals surface area contributed by atoms with Gasteiger partial charge in [0.1, 0.15) is 11.5 Å². The minimum absolute atomic E-state index is 0.0528. The molecule has 43 heavy (non-hydrogen) atoms. The molecule has 10 nitrogen and oxygen atoms in total. The van der Waals surface area contributed by atoms with Gasteiger partial charge in [0.05, 0.1) is 34.8 Å². The van der Waals surface area contributed by atoms with Crippen LogP contribution in [0.2, 0.25) is 0 Å². The molecule has 0 amide bonds. The van der Waals surface area contributed by atoms with Gasteiger partial charge in [0.2, 0.25) is 5.03 Å². The second-order valence-corrected chi connectivity index (χ2v) is 13.2. The fraction of sp³-hybridized carbons (Fsp3) is 0.321. The average molecular weight is 616 g/mol. The van der Waals surface area contributed by atoms with Crippen LogP contribution in [0, 0.1) is 16.6 Å². The van der Waals surface area contributed by atoms with E-state index in [1.165, 1.54) is 25.4 Å². The quantitative estimate of drug-likeness (QED) is 0.245. The number of ketones is 1. The molecule has 0 saturated carbocycles. The number of aryl methyl sites for hydroxylation is 1. The summed E-state index contributed by atoms with van der Waals surface area (Å²) in [5.41, 5.74) is -1.87. The molecule has 0 bridgehead atoms. The molecule has 1 fully saturated rings. The van der Waals surface area contributed by atoms with E-state index >= 15 is 0 Å². The molecule has 1 aromatic carbocycles. The SMILES string of the molecule is Cn1ncc(S(=O)(=O)N2CC(C)(C)C3=Cc4c(cnn4-c4ccc(F)cc4)CC3(C(=O)c3cc(C(F)(F)F)ccn3)C2)n1. The Balaban J connectivity index is 1.54. The van der Waals surface area contributed by atoms with E-state index in [1.807, 2.05) is 0 Å². The Morgan fingerprint density at radius 3 is 2.40 bits per heavy atom. The van der Waals surface area contributed by atoms with E-state index in [1.54, 1.807) is 36.7 Å². The van der Waals surface area contributed by atoms with E-state index < -0.39 is 49.9 Å². The van der Waals surface area contributed by atoms with Gasteiger partial charge in [-0.1, -0.05) is 13.8 Å². The summed E-state index contributed by atoms with van der Waals surface area (Å²) in [7, 11) is -2.80. The summed E-state index contributed by atoms with van der Waals surface area (Å²) >= 11 is 0. The molecule has 4 aromatic rings. The molecule has 224 valence electrons. The first-order valence-corrected chi connectivity index (χ1v) is 14.6. The Morgan fingerprint density at radius 1 is 1.02 bits per heavy atom. The molecule has 1 saturated heterocycles. The van der Waals surface area contributed by atoms with E-state index in [9.17, 15) is 30.8 Å². The molecule has 0 radical (unpaired) electrons. The molecule has 6 rings (SSSR count). The van der Waals surface area contributed by atoms with Crippen molar-refractivity contribution in [3.8, 4) is 5.69 Å². The second-order valence-electron chi connectivity index (χ2n) is 11.3. The Kier molecular flexibility index (Phi) is 6.47. The van der Waals surface area contributed by atoms with Crippen LogP contribution in [-0.4, -0.2) is 61.4 Å². The molecule has 4 heterocycles. The van der Waals surface area contributed by atoms with Gasteiger partial charge in [-0.3, -0.25) is 9.78 Å². The first-order chi connectivity index (χ1) is 20.1. The predicted octanol–water partition coefficient (Wildman–Crippen LogP) is 4.09. The van der Waals surface area contributed by atoms with Gasteiger partial charge < -0.3 is 0 Å². The van der Waals surface area contributed by atoms with Crippen molar-refractivity contribution in [3.05, 3.63) is 88.9 Å². The van der Waals surface area contributed by atoms with Crippen molar-refractivity contribution >= 4 is 21.9 Å². The van der Waals surface area contributed by atoms with Gasteiger partial charge in [-0.05, 0) is 60.0 Å². The van der Waals surface area contributed by atoms with Crippen molar-refractivity contribution < 1.29 is 30.8 Å². The van der Waals surface area contributed by atoms with Gasteiger partial charge in [0, 0.05) is 31.7 Å². The van der Waals surface area contributed by atoms with Crippen molar-refractivity contribution in [2.45, 2.75) is 31.5 Å². The van der Waals surface area contributed by atoms with Crippen LogP contribution in [0.25, 0.3) is 11.8 Å². The highest BCUT2D eigenvalue weighted by Crippen LogP contribution is 2.53. The van der Waals surface area contributed by atoms with Crippen LogP contribution < -0.4 is 0 Å². The number of aromatic nitrogens is 6. The lowest BCUT2D eigenvalue weighted by Gasteiger charge is -2.51.